The van der Waals surface area contributed by atoms with Gasteiger partial charge in [0.2, 0.25) is 0 Å². The fraction of sp³-hybridized carbons (Fsp3) is 0.647. The fourth-order valence-corrected chi connectivity index (χ4v) is 3.27. The summed E-state index contributed by atoms with van der Waals surface area (Å²) in [6.07, 6.45) is 1.31. The maximum atomic E-state index is 5.81. The molecule has 0 aromatic heterocycles. The highest BCUT2D eigenvalue weighted by atomic mass is 16.5. The first-order valence-corrected chi connectivity index (χ1v) is 8.29. The summed E-state index contributed by atoms with van der Waals surface area (Å²) in [5.41, 5.74) is 0. The third-order valence-corrected chi connectivity index (χ3v) is 4.69. The molecule has 2 aliphatic rings. The van der Waals surface area contributed by atoms with Crippen molar-refractivity contribution in [2.24, 2.45) is 0 Å². The van der Waals surface area contributed by atoms with Crippen LogP contribution in [0.4, 0.5) is 0 Å². The second-order valence-electron chi connectivity index (χ2n) is 6.05. The highest BCUT2D eigenvalue weighted by molar-refractivity contribution is 5.31. The summed E-state index contributed by atoms with van der Waals surface area (Å²) >= 11 is 0. The molecule has 2 aliphatic heterocycles. The van der Waals surface area contributed by atoms with Gasteiger partial charge in [0, 0.05) is 45.3 Å². The van der Waals surface area contributed by atoms with Gasteiger partial charge in [-0.3, -0.25) is 9.80 Å². The van der Waals surface area contributed by atoms with E-state index >= 15 is 0 Å². The minimum Gasteiger partial charge on any atom is -0.497 e. The number of rotatable bonds is 6. The van der Waals surface area contributed by atoms with Crippen LogP contribution in [0.2, 0.25) is 0 Å². The van der Waals surface area contributed by atoms with Gasteiger partial charge in [0.25, 0.3) is 0 Å². The Morgan fingerprint density at radius 3 is 2.45 bits per heavy atom. The molecule has 122 valence electrons. The Balaban J connectivity index is 1.34. The number of ether oxygens (including phenoxy) is 2. The van der Waals surface area contributed by atoms with E-state index in [1.807, 2.05) is 24.3 Å². The van der Waals surface area contributed by atoms with E-state index in [2.05, 4.69) is 15.1 Å². The number of benzene rings is 1. The summed E-state index contributed by atoms with van der Waals surface area (Å²) in [5, 5.41) is 3.46. The van der Waals surface area contributed by atoms with Crippen molar-refractivity contribution in [1.82, 2.24) is 15.1 Å². The van der Waals surface area contributed by atoms with Gasteiger partial charge >= 0.3 is 0 Å². The Hall–Kier alpha value is -1.30. The second-order valence-corrected chi connectivity index (χ2v) is 6.05. The van der Waals surface area contributed by atoms with Crippen molar-refractivity contribution in [2.45, 2.75) is 12.5 Å². The number of methoxy groups -OCH3 is 1. The Kier molecular flexibility index (Phi) is 5.53. The molecular formula is C17H27N3O2. The molecule has 0 radical (unpaired) electrons. The highest BCUT2D eigenvalue weighted by Crippen LogP contribution is 2.17. The van der Waals surface area contributed by atoms with E-state index in [4.69, 9.17) is 9.47 Å². The molecular weight excluding hydrogens is 278 g/mol. The van der Waals surface area contributed by atoms with Gasteiger partial charge in [-0.25, -0.2) is 0 Å². The fourth-order valence-electron chi connectivity index (χ4n) is 3.27. The minimum absolute atomic E-state index is 0.747. The predicted molar refractivity (Wildman–Crippen MR) is 87.8 cm³/mol. The maximum absolute atomic E-state index is 5.81. The lowest BCUT2D eigenvalue weighted by Crippen LogP contribution is -2.51. The topological polar surface area (TPSA) is 37.0 Å². The van der Waals surface area contributed by atoms with Crippen LogP contribution in [0.25, 0.3) is 0 Å². The Labute approximate surface area is 133 Å². The first-order valence-electron chi connectivity index (χ1n) is 8.29. The summed E-state index contributed by atoms with van der Waals surface area (Å²) in [6.45, 7) is 8.79. The summed E-state index contributed by atoms with van der Waals surface area (Å²) in [6, 6.07) is 8.55. The molecule has 2 saturated heterocycles. The van der Waals surface area contributed by atoms with Gasteiger partial charge in [-0.2, -0.15) is 0 Å². The average Bonchev–Trinajstić information content (AvgIpc) is 3.11. The summed E-state index contributed by atoms with van der Waals surface area (Å²) in [7, 11) is 1.68. The third kappa shape index (κ3) is 4.12. The lowest BCUT2D eigenvalue weighted by atomic mass is 10.2. The average molecular weight is 305 g/mol. The molecule has 2 fully saturated rings. The molecule has 3 rings (SSSR count). The van der Waals surface area contributed by atoms with Gasteiger partial charge < -0.3 is 14.8 Å². The van der Waals surface area contributed by atoms with E-state index in [1.165, 1.54) is 32.6 Å². The first-order chi connectivity index (χ1) is 10.8. The highest BCUT2D eigenvalue weighted by Gasteiger charge is 2.25. The molecule has 0 amide bonds. The van der Waals surface area contributed by atoms with Crippen molar-refractivity contribution in [3.63, 3.8) is 0 Å². The Bertz CT molecular complexity index is 438. The molecule has 5 heteroatoms. The van der Waals surface area contributed by atoms with Gasteiger partial charge in [0.1, 0.15) is 18.1 Å². The van der Waals surface area contributed by atoms with Crippen LogP contribution in [-0.2, 0) is 0 Å². The van der Waals surface area contributed by atoms with Crippen LogP contribution >= 0.6 is 0 Å². The van der Waals surface area contributed by atoms with E-state index in [0.717, 1.165) is 43.8 Å². The monoisotopic (exact) mass is 305 g/mol. The van der Waals surface area contributed by atoms with Gasteiger partial charge in [0.05, 0.1) is 7.11 Å². The molecule has 1 unspecified atom stereocenters. The summed E-state index contributed by atoms with van der Waals surface area (Å²) in [5.74, 6) is 1.78. The molecule has 0 bridgehead atoms. The zero-order valence-corrected chi connectivity index (χ0v) is 13.5. The van der Waals surface area contributed by atoms with Crippen LogP contribution < -0.4 is 14.8 Å². The van der Waals surface area contributed by atoms with Crippen molar-refractivity contribution < 1.29 is 9.47 Å². The van der Waals surface area contributed by atoms with Crippen molar-refractivity contribution in [3.8, 4) is 11.5 Å². The van der Waals surface area contributed by atoms with Gasteiger partial charge in [-0.15, -0.1) is 0 Å². The zero-order chi connectivity index (χ0) is 15.2. The predicted octanol–water partition coefficient (Wildman–Crippen LogP) is 1.05. The van der Waals surface area contributed by atoms with Crippen LogP contribution in [0.3, 0.4) is 0 Å². The molecule has 0 aliphatic carbocycles. The molecule has 1 aromatic carbocycles. The molecule has 1 aromatic rings. The van der Waals surface area contributed by atoms with Crippen LogP contribution in [0.5, 0.6) is 11.5 Å². The van der Waals surface area contributed by atoms with Crippen LogP contribution in [0, 0.1) is 0 Å². The quantitative estimate of drug-likeness (QED) is 0.850. The van der Waals surface area contributed by atoms with E-state index in [1.54, 1.807) is 7.11 Å². The largest absolute Gasteiger partial charge is 0.497 e. The van der Waals surface area contributed by atoms with Crippen molar-refractivity contribution in [2.75, 3.05) is 59.5 Å². The minimum atomic E-state index is 0.747. The number of piperazine rings is 1. The van der Waals surface area contributed by atoms with Crippen LogP contribution in [0.15, 0.2) is 24.3 Å². The molecule has 0 spiro atoms. The van der Waals surface area contributed by atoms with E-state index in [9.17, 15) is 0 Å². The van der Waals surface area contributed by atoms with Gasteiger partial charge in [-0.1, -0.05) is 0 Å². The van der Waals surface area contributed by atoms with Gasteiger partial charge in [0.15, 0.2) is 0 Å². The number of nitrogens with zero attached hydrogens (tertiary/aromatic N) is 2. The lowest BCUT2D eigenvalue weighted by molar-refractivity contribution is 0.0921. The van der Waals surface area contributed by atoms with Crippen molar-refractivity contribution in [3.05, 3.63) is 24.3 Å². The molecule has 0 saturated carbocycles. The van der Waals surface area contributed by atoms with Crippen LogP contribution in [-0.4, -0.2) is 75.4 Å². The smallest absolute Gasteiger partial charge is 0.119 e. The molecule has 2 heterocycles. The molecule has 1 atom stereocenters. The van der Waals surface area contributed by atoms with E-state index in [-0.39, 0.29) is 0 Å². The first kappa shape index (κ1) is 15.6. The number of hydrogen-bond donors (Lipinski definition) is 1. The van der Waals surface area contributed by atoms with Crippen molar-refractivity contribution >= 4 is 0 Å². The standard InChI is InChI=1S/C17H27N3O2/c1-21-16-2-4-17(5-3-16)22-13-12-19-8-10-20(11-9-19)15-6-7-18-14-15/h2-5,15,18H,6-14H2,1H3. The normalized spacial score (nSPS) is 23.6. The zero-order valence-electron chi connectivity index (χ0n) is 13.5. The summed E-state index contributed by atoms with van der Waals surface area (Å²) < 4.78 is 11.0. The number of hydrogen-bond acceptors (Lipinski definition) is 5. The second kappa shape index (κ2) is 7.81. The Morgan fingerprint density at radius 1 is 1.09 bits per heavy atom. The van der Waals surface area contributed by atoms with Gasteiger partial charge in [-0.05, 0) is 37.2 Å². The number of nitrogens with one attached hydrogen (secondary N) is 1. The summed E-state index contributed by atoms with van der Waals surface area (Å²) in [4.78, 5) is 5.14. The van der Waals surface area contributed by atoms with E-state index < -0.39 is 0 Å². The van der Waals surface area contributed by atoms with Crippen LogP contribution in [0.1, 0.15) is 6.42 Å². The maximum Gasteiger partial charge on any atom is 0.119 e. The lowest BCUT2D eigenvalue weighted by Gasteiger charge is -2.37. The molecule has 22 heavy (non-hydrogen) atoms. The third-order valence-electron chi connectivity index (χ3n) is 4.69. The molecule has 5 nitrogen and oxygen atoms in total. The SMILES string of the molecule is COc1ccc(OCCN2CCN(C3CCNC3)CC2)cc1. The van der Waals surface area contributed by atoms with E-state index in [0.29, 0.717) is 0 Å². The Morgan fingerprint density at radius 2 is 1.82 bits per heavy atom. The van der Waals surface area contributed by atoms with Crippen molar-refractivity contribution in [1.29, 1.82) is 0 Å². The molecule has 1 N–H and O–H groups in total.